The van der Waals surface area contributed by atoms with Gasteiger partial charge in [0, 0.05) is 48.1 Å². The number of ether oxygens (including phenoxy) is 4. The molecule has 0 spiro atoms. The molecule has 0 saturated heterocycles. The van der Waals surface area contributed by atoms with Gasteiger partial charge in [0.15, 0.2) is 31.2 Å². The van der Waals surface area contributed by atoms with E-state index in [4.69, 9.17) is 33.8 Å². The van der Waals surface area contributed by atoms with Crippen molar-refractivity contribution in [1.29, 1.82) is 0 Å². The van der Waals surface area contributed by atoms with Gasteiger partial charge in [-0.15, -0.1) is 30.7 Å². The highest BCUT2D eigenvalue weighted by atomic mass is 32.3. The van der Waals surface area contributed by atoms with E-state index in [1.54, 1.807) is 0 Å². The highest BCUT2D eigenvalue weighted by Crippen LogP contribution is 2.58. The average molecular weight is 1580 g/mol. The molecule has 8 rings (SSSR count). The van der Waals surface area contributed by atoms with Gasteiger partial charge in [-0.25, -0.2) is 25.2 Å². The summed E-state index contributed by atoms with van der Waals surface area (Å²) in [4.78, 5) is 7.09. The third-order valence-corrected chi connectivity index (χ3v) is 21.4. The Bertz CT molecular complexity index is 5500. The van der Waals surface area contributed by atoms with E-state index in [1.165, 1.54) is 25.2 Å². The third-order valence-electron chi connectivity index (χ3n) is 13.5. The number of hydrogen-bond donors (Lipinski definition) is 14. The SMILES string of the molecule is COc1cc(S(=O)(=O)CCOS(=O)(=O)O)c(OC)cc1N=Nc1c(S(O)(O)O)cc2cc(N(C)c3nc(F)nc(Nc4ccc(S(=O)(=O)O)c(N=Nc5c(S(O)(O)O)cc6cc(S(=O)(=O)O)c(N=Nc7cc(OC)c(S(=O)(=O)CCOS(=O)(=O)O)cc7OC)c(N)c6c5O)c4)n3)ccc2c1O. The minimum Gasteiger partial charge on any atom is -0.505 e. The number of sulfone groups is 2. The van der Waals surface area contributed by atoms with Crippen molar-refractivity contribution < 1.29 is 138 Å². The van der Waals surface area contributed by atoms with E-state index < -0.39 is 228 Å². The van der Waals surface area contributed by atoms with Gasteiger partial charge >= 0.3 is 26.9 Å². The number of nitrogens with zero attached hydrogens (tertiary/aromatic N) is 10. The van der Waals surface area contributed by atoms with Crippen molar-refractivity contribution >= 4 is 167 Å². The van der Waals surface area contributed by atoms with Crippen molar-refractivity contribution in [3.05, 3.63) is 84.9 Å². The molecule has 546 valence electrons. The summed E-state index contributed by atoms with van der Waals surface area (Å²) < 4.78 is 294. The van der Waals surface area contributed by atoms with Crippen LogP contribution in [0, 0.1) is 6.08 Å². The van der Waals surface area contributed by atoms with Crippen LogP contribution in [-0.4, -0.2) is 181 Å². The number of aromatic hydroxyl groups is 2. The lowest BCUT2D eigenvalue weighted by molar-refractivity contribution is 0.282. The van der Waals surface area contributed by atoms with Crippen LogP contribution >= 0.6 is 21.7 Å². The number of halogens is 1. The van der Waals surface area contributed by atoms with Crippen LogP contribution in [0.25, 0.3) is 21.5 Å². The molecule has 1 heterocycles. The molecule has 0 amide bonds. The molecule has 0 aliphatic heterocycles. The molecule has 15 N–H and O–H groups in total. The second kappa shape index (κ2) is 29.1. The van der Waals surface area contributed by atoms with E-state index in [2.05, 4.69) is 59.3 Å². The maximum Gasteiger partial charge on any atom is 0.397 e. The largest absolute Gasteiger partial charge is 0.505 e. The van der Waals surface area contributed by atoms with Crippen molar-refractivity contribution in [2.75, 3.05) is 76.2 Å². The molecule has 0 unspecified atom stereocenters. The number of nitrogen functional groups attached to an aromatic ring is 1. The minimum absolute atomic E-state index is 0.0474. The molecule has 51 heteroatoms. The van der Waals surface area contributed by atoms with Crippen LogP contribution in [0.4, 0.5) is 67.5 Å². The van der Waals surface area contributed by atoms with Crippen LogP contribution in [0.15, 0.2) is 139 Å². The molecule has 7 aromatic carbocycles. The number of nitrogens with one attached hydrogen (secondary N) is 1. The summed E-state index contributed by atoms with van der Waals surface area (Å²) in [6, 6.07) is 11.9. The summed E-state index contributed by atoms with van der Waals surface area (Å²) >= 11 is 0. The van der Waals surface area contributed by atoms with Crippen molar-refractivity contribution in [2.24, 2.45) is 30.7 Å². The first kappa shape index (κ1) is 77.7. The number of benzene rings is 7. The Kier molecular flexibility index (Phi) is 22.4. The number of azo groups is 3. The van der Waals surface area contributed by atoms with Crippen molar-refractivity contribution in [3.8, 4) is 34.5 Å². The third kappa shape index (κ3) is 18.0. The molecule has 8 aromatic rings. The minimum atomic E-state index is -5.47. The monoisotopic (exact) mass is 1570 g/mol. The second-order valence-corrected chi connectivity index (χ2v) is 32.0. The zero-order valence-corrected chi connectivity index (χ0v) is 57.8. The molecule has 0 atom stereocenters. The maximum atomic E-state index is 15.4. The van der Waals surface area contributed by atoms with Gasteiger partial charge in [-0.1, -0.05) is 0 Å². The van der Waals surface area contributed by atoms with Crippen LogP contribution in [-0.2, 0) is 69.1 Å². The zero-order valence-electron chi connectivity index (χ0n) is 51.2. The molecule has 1 aromatic heterocycles. The van der Waals surface area contributed by atoms with Gasteiger partial charge in [0.2, 0.25) is 11.9 Å². The lowest BCUT2D eigenvalue weighted by atomic mass is 10.1. The van der Waals surface area contributed by atoms with E-state index >= 15 is 4.39 Å². The molecule has 0 fully saturated rings. The Balaban J connectivity index is 1.14. The van der Waals surface area contributed by atoms with E-state index in [0.717, 1.165) is 75.8 Å². The topological polar surface area (TPSA) is 657 Å². The van der Waals surface area contributed by atoms with Crippen molar-refractivity contribution in [2.45, 2.75) is 29.4 Å². The highest BCUT2D eigenvalue weighted by Gasteiger charge is 2.33. The number of anilines is 5. The molecule has 101 heavy (non-hydrogen) atoms. The Labute approximate surface area is 572 Å². The highest BCUT2D eigenvalue weighted by molar-refractivity contribution is 8.19. The molecular weight excluding hydrogens is 1520 g/mol. The predicted molar refractivity (Wildman–Crippen MR) is 351 cm³/mol. The molecule has 0 saturated carbocycles. The fraction of sp³-hybridized carbons (Fsp3) is 0.180. The smallest absolute Gasteiger partial charge is 0.397 e. The Hall–Kier alpha value is -9.08. The van der Waals surface area contributed by atoms with Crippen LogP contribution in [0.5, 0.6) is 34.5 Å². The summed E-state index contributed by atoms with van der Waals surface area (Å²) in [5, 5.41) is 47.4. The van der Waals surface area contributed by atoms with E-state index in [0.29, 0.717) is 18.2 Å². The van der Waals surface area contributed by atoms with E-state index in [1.807, 2.05) is 0 Å². The van der Waals surface area contributed by atoms with Crippen LogP contribution in [0.3, 0.4) is 0 Å². The lowest BCUT2D eigenvalue weighted by Gasteiger charge is -2.23. The van der Waals surface area contributed by atoms with Gasteiger partial charge in [0.1, 0.15) is 98.4 Å². The number of fused-ring (bicyclic) bond motifs is 2. The Morgan fingerprint density at radius 3 is 1.41 bits per heavy atom. The van der Waals surface area contributed by atoms with E-state index in [9.17, 15) is 97.1 Å². The van der Waals surface area contributed by atoms with Gasteiger partial charge < -0.3 is 72.4 Å². The number of methoxy groups -OCH3 is 4. The summed E-state index contributed by atoms with van der Waals surface area (Å²) in [5.74, 6) is -7.00. The summed E-state index contributed by atoms with van der Waals surface area (Å²) in [7, 11) is -34.3. The second-order valence-electron chi connectivity index (χ2n) is 20.0. The first-order valence-corrected chi connectivity index (χ1v) is 38.5. The number of phenolic OH excluding ortho intramolecular Hbond substituents is 2. The molecule has 42 nitrogen and oxygen atoms in total. The Morgan fingerprint density at radius 1 is 0.485 bits per heavy atom. The van der Waals surface area contributed by atoms with Gasteiger partial charge in [0.05, 0.1) is 74.0 Å². The molecule has 0 aliphatic carbocycles. The van der Waals surface area contributed by atoms with Gasteiger partial charge in [-0.2, -0.15) is 53.0 Å². The molecule has 0 bridgehead atoms. The fourth-order valence-electron chi connectivity index (χ4n) is 9.03. The molecule has 0 radical (unpaired) electrons. The summed E-state index contributed by atoms with van der Waals surface area (Å²) in [6.07, 6.45) is -1.47. The lowest BCUT2D eigenvalue weighted by Crippen LogP contribution is -2.16. The Morgan fingerprint density at radius 2 is 0.941 bits per heavy atom. The first-order chi connectivity index (χ1) is 46.7. The van der Waals surface area contributed by atoms with Crippen molar-refractivity contribution in [1.82, 2.24) is 15.0 Å². The number of phenols is 2. The van der Waals surface area contributed by atoms with E-state index in [-0.39, 0.29) is 33.6 Å². The molecular formula is C50H51FN12O30S8. The number of aromatic nitrogens is 3. The summed E-state index contributed by atoms with van der Waals surface area (Å²) in [5.41, 5.74) is 0.633. The van der Waals surface area contributed by atoms with Gasteiger partial charge in [-0.3, -0.25) is 18.2 Å². The zero-order chi connectivity index (χ0) is 75.1. The number of hydrogen-bond acceptors (Lipinski definition) is 38. The molecule has 0 aliphatic rings. The first-order valence-electron chi connectivity index (χ1n) is 26.6. The normalized spacial score (nSPS) is 13.4. The average Bonchev–Trinajstić information content (AvgIpc) is 0.705. The maximum absolute atomic E-state index is 15.4. The quantitative estimate of drug-likeness (QED) is 0.0123. The fourth-order valence-corrected chi connectivity index (χ4v) is 15.0. The number of nitrogens with two attached hydrogens (primary N) is 1. The predicted octanol–water partition coefficient (Wildman–Crippen LogP) is 8.95. The van der Waals surface area contributed by atoms with Gasteiger partial charge in [-0.05, 0) is 65.4 Å². The summed E-state index contributed by atoms with van der Waals surface area (Å²) in [6.45, 7) is -2.06. The van der Waals surface area contributed by atoms with Crippen LogP contribution in [0.1, 0.15) is 0 Å². The standard InChI is InChI=1S/C50H51FN12O30S8/c1-63(26-7-8-27-23(14-26)15-39(98(76,77)78)44(46(27)64)61-58-29-20-34(91-5)37(22-32(29)89-3)95(68,69)13-11-93-101(85,86)87)50-55-48(51)54-49(56-50)53-25-6-9-35(96(70,71)72)30(18-25)59-62-45-40(99(79,80)81)17-24-16-38(97(73,74)75)43(42(52)41(24)47(45)65)60-57-28-19-33(90-4)36(21-31(28)88-2)94(66,67)12-10-92-100(82,83)84/h6-9,14-22,64-65,76-81H,10-13,52H2,1-5H3,(H,70,71,72)(H,73,74,75)(H,82,83,84)(H,85,86,87)(H,53,54,55,56). The van der Waals surface area contributed by atoms with Crippen LogP contribution < -0.4 is 34.9 Å². The van der Waals surface area contributed by atoms with Crippen LogP contribution in [0.2, 0.25) is 0 Å². The number of rotatable bonds is 28. The van der Waals surface area contributed by atoms with Crippen molar-refractivity contribution in [3.63, 3.8) is 0 Å². The van der Waals surface area contributed by atoms with Gasteiger partial charge in [0.25, 0.3) is 20.2 Å².